The highest BCUT2D eigenvalue weighted by Gasteiger charge is 2.62. The molecule has 2 amide bonds. The molecule has 3 aliphatic rings. The predicted octanol–water partition coefficient (Wildman–Crippen LogP) is 1.71. The number of hydrogen-bond donors (Lipinski definition) is 1. The van der Waals surface area contributed by atoms with Crippen LogP contribution in [0.4, 0.5) is 0 Å². The number of carboxylic acid groups (broad SMARTS) is 1. The second kappa shape index (κ2) is 5.18. The number of fused-ring (bicyclic) bond motifs is 5. The lowest BCUT2D eigenvalue weighted by molar-refractivity contribution is -0.155. The Morgan fingerprint density at radius 1 is 1.09 bits per heavy atom. The summed E-state index contributed by atoms with van der Waals surface area (Å²) in [7, 11) is 0. The summed E-state index contributed by atoms with van der Waals surface area (Å²) >= 11 is 0. The maximum Gasteiger partial charge on any atom is 0.327 e. The largest absolute Gasteiger partial charge is 0.480 e. The van der Waals surface area contributed by atoms with Crippen molar-refractivity contribution in [2.45, 2.75) is 31.7 Å². The predicted molar refractivity (Wildman–Crippen MR) is 81.2 cm³/mol. The molecule has 1 aromatic carbocycles. The van der Waals surface area contributed by atoms with E-state index >= 15 is 0 Å². The van der Waals surface area contributed by atoms with Crippen molar-refractivity contribution in [3.8, 4) is 0 Å². The van der Waals surface area contributed by atoms with Crippen LogP contribution in [0.15, 0.2) is 30.3 Å². The van der Waals surface area contributed by atoms with Gasteiger partial charge in [-0.15, -0.1) is 0 Å². The number of amides is 2. The fraction of sp³-hybridized carbons (Fsp3) is 0.500. The monoisotopic (exact) mass is 313 g/mol. The lowest BCUT2D eigenvalue weighted by Gasteiger charge is -2.24. The van der Waals surface area contributed by atoms with Gasteiger partial charge in [0, 0.05) is 6.42 Å². The molecule has 5 unspecified atom stereocenters. The summed E-state index contributed by atoms with van der Waals surface area (Å²) in [5.41, 5.74) is 0.820. The summed E-state index contributed by atoms with van der Waals surface area (Å²) in [5.74, 6) is -1.60. The zero-order chi connectivity index (χ0) is 16.1. The van der Waals surface area contributed by atoms with E-state index in [2.05, 4.69) is 0 Å². The van der Waals surface area contributed by atoms with Crippen molar-refractivity contribution in [2.75, 3.05) is 0 Å². The van der Waals surface area contributed by atoms with Gasteiger partial charge in [-0.3, -0.25) is 14.5 Å². The Balaban J connectivity index is 1.63. The number of aliphatic carboxylic acids is 1. The molecule has 5 atom stereocenters. The van der Waals surface area contributed by atoms with Crippen molar-refractivity contribution < 1.29 is 19.5 Å². The first-order chi connectivity index (χ1) is 11.1. The second-order valence-corrected chi connectivity index (χ2v) is 6.98. The third-order valence-electron chi connectivity index (χ3n) is 5.83. The molecule has 1 N–H and O–H groups in total. The van der Waals surface area contributed by atoms with E-state index in [-0.39, 0.29) is 41.9 Å². The van der Waals surface area contributed by atoms with Crippen LogP contribution in [0.1, 0.15) is 24.8 Å². The molecule has 0 spiro atoms. The van der Waals surface area contributed by atoms with Crippen molar-refractivity contribution >= 4 is 17.8 Å². The number of carbonyl (C=O) groups is 3. The van der Waals surface area contributed by atoms with Gasteiger partial charge in [-0.05, 0) is 36.7 Å². The van der Waals surface area contributed by atoms with Gasteiger partial charge in [0.15, 0.2) is 0 Å². The molecule has 0 radical (unpaired) electrons. The Bertz CT molecular complexity index is 643. The first kappa shape index (κ1) is 14.4. The quantitative estimate of drug-likeness (QED) is 0.859. The van der Waals surface area contributed by atoms with Crippen molar-refractivity contribution in [3.63, 3.8) is 0 Å². The molecule has 1 saturated heterocycles. The van der Waals surface area contributed by atoms with Crippen LogP contribution in [0, 0.1) is 23.7 Å². The summed E-state index contributed by atoms with van der Waals surface area (Å²) in [6, 6.07) is 8.07. The van der Waals surface area contributed by atoms with Crippen LogP contribution in [0.5, 0.6) is 0 Å². The van der Waals surface area contributed by atoms with Crippen LogP contribution in [-0.2, 0) is 20.8 Å². The maximum absolute atomic E-state index is 12.8. The maximum atomic E-state index is 12.8. The van der Waals surface area contributed by atoms with Gasteiger partial charge in [0.05, 0.1) is 11.8 Å². The first-order valence-corrected chi connectivity index (χ1v) is 8.21. The van der Waals surface area contributed by atoms with E-state index in [1.54, 1.807) is 0 Å². The van der Waals surface area contributed by atoms with Crippen LogP contribution in [-0.4, -0.2) is 33.8 Å². The number of rotatable bonds is 4. The Kier molecular flexibility index (Phi) is 3.25. The van der Waals surface area contributed by atoms with Gasteiger partial charge in [-0.25, -0.2) is 4.79 Å². The number of carboxylic acids is 1. The molecule has 23 heavy (non-hydrogen) atoms. The minimum atomic E-state index is -1.11. The van der Waals surface area contributed by atoms with E-state index in [9.17, 15) is 19.5 Å². The number of hydrogen-bond acceptors (Lipinski definition) is 3. The van der Waals surface area contributed by atoms with Crippen molar-refractivity contribution in [1.29, 1.82) is 0 Å². The SMILES string of the molecule is O=C(O)C(Cc1ccccc1)N1C(=O)C2C3CCC(C3)C2C1=O. The second-order valence-electron chi connectivity index (χ2n) is 6.98. The Hall–Kier alpha value is -2.17. The molecule has 1 aliphatic heterocycles. The molecule has 2 bridgehead atoms. The van der Waals surface area contributed by atoms with E-state index in [0.29, 0.717) is 0 Å². The molecular weight excluding hydrogens is 294 g/mol. The number of carbonyl (C=O) groups excluding carboxylic acids is 2. The lowest BCUT2D eigenvalue weighted by Crippen LogP contribution is -2.47. The van der Waals surface area contributed by atoms with E-state index in [1.807, 2.05) is 30.3 Å². The van der Waals surface area contributed by atoms with E-state index in [1.165, 1.54) is 0 Å². The average molecular weight is 313 g/mol. The first-order valence-electron chi connectivity index (χ1n) is 8.21. The molecule has 5 nitrogen and oxygen atoms in total. The molecule has 5 heteroatoms. The Morgan fingerprint density at radius 2 is 1.65 bits per heavy atom. The fourth-order valence-electron chi connectivity index (χ4n) is 4.87. The summed E-state index contributed by atoms with van der Waals surface area (Å²) in [6.07, 6.45) is 3.11. The minimum absolute atomic E-state index is 0.169. The smallest absolute Gasteiger partial charge is 0.327 e. The molecule has 2 aliphatic carbocycles. The minimum Gasteiger partial charge on any atom is -0.480 e. The zero-order valence-corrected chi connectivity index (χ0v) is 12.7. The van der Waals surface area contributed by atoms with E-state index < -0.39 is 12.0 Å². The van der Waals surface area contributed by atoms with E-state index in [0.717, 1.165) is 29.7 Å². The van der Waals surface area contributed by atoms with Crippen LogP contribution in [0.2, 0.25) is 0 Å². The highest BCUT2D eigenvalue weighted by molar-refractivity contribution is 6.08. The van der Waals surface area contributed by atoms with Crippen molar-refractivity contribution in [2.24, 2.45) is 23.7 Å². The molecule has 1 aromatic rings. The van der Waals surface area contributed by atoms with Gasteiger partial charge in [0.25, 0.3) is 0 Å². The van der Waals surface area contributed by atoms with Gasteiger partial charge in [-0.2, -0.15) is 0 Å². The number of nitrogens with zero attached hydrogens (tertiary/aromatic N) is 1. The standard InChI is InChI=1S/C18H19NO4/c20-16-14-11-6-7-12(9-11)15(14)17(21)19(16)13(18(22)23)8-10-4-2-1-3-5-10/h1-5,11-15H,6-9H2,(H,22,23). The zero-order valence-electron chi connectivity index (χ0n) is 12.7. The van der Waals surface area contributed by atoms with Crippen LogP contribution in [0.3, 0.4) is 0 Å². The molecule has 1 heterocycles. The average Bonchev–Trinajstić information content (AvgIpc) is 3.21. The van der Waals surface area contributed by atoms with Crippen molar-refractivity contribution in [3.05, 3.63) is 35.9 Å². The van der Waals surface area contributed by atoms with Crippen molar-refractivity contribution in [1.82, 2.24) is 4.90 Å². The lowest BCUT2D eigenvalue weighted by atomic mass is 9.81. The van der Waals surface area contributed by atoms with Gasteiger partial charge in [0.2, 0.25) is 11.8 Å². The Morgan fingerprint density at radius 3 is 2.17 bits per heavy atom. The molecular formula is C18H19NO4. The highest BCUT2D eigenvalue weighted by Crippen LogP contribution is 2.56. The summed E-state index contributed by atoms with van der Waals surface area (Å²) < 4.78 is 0. The van der Waals surface area contributed by atoms with E-state index in [4.69, 9.17) is 0 Å². The van der Waals surface area contributed by atoms with Crippen LogP contribution in [0.25, 0.3) is 0 Å². The fourth-order valence-corrected chi connectivity index (χ4v) is 4.87. The number of imide groups is 1. The third kappa shape index (κ3) is 2.10. The van der Waals surface area contributed by atoms with Gasteiger partial charge in [-0.1, -0.05) is 30.3 Å². The summed E-state index contributed by atoms with van der Waals surface area (Å²) in [6.45, 7) is 0. The Labute approximate surface area is 134 Å². The number of likely N-dealkylation sites (tertiary alicyclic amines) is 1. The topological polar surface area (TPSA) is 74.7 Å². The normalized spacial score (nSPS) is 33.1. The molecule has 120 valence electrons. The van der Waals surface area contributed by atoms with Gasteiger partial charge < -0.3 is 5.11 Å². The molecule has 2 saturated carbocycles. The molecule has 3 fully saturated rings. The molecule has 4 rings (SSSR count). The molecule has 0 aromatic heterocycles. The summed E-state index contributed by atoms with van der Waals surface area (Å²) in [5, 5.41) is 9.60. The van der Waals surface area contributed by atoms with Gasteiger partial charge in [0.1, 0.15) is 6.04 Å². The summed E-state index contributed by atoms with van der Waals surface area (Å²) in [4.78, 5) is 38.3. The van der Waals surface area contributed by atoms with Crippen LogP contribution >= 0.6 is 0 Å². The number of benzene rings is 1. The van der Waals surface area contributed by atoms with Gasteiger partial charge >= 0.3 is 5.97 Å². The highest BCUT2D eigenvalue weighted by atomic mass is 16.4. The van der Waals surface area contributed by atoms with Crippen LogP contribution < -0.4 is 0 Å². The third-order valence-corrected chi connectivity index (χ3v) is 5.83.